The monoisotopic (exact) mass is 247 g/mol. The van der Waals surface area contributed by atoms with Gasteiger partial charge in [0.2, 0.25) is 0 Å². The summed E-state index contributed by atoms with van der Waals surface area (Å²) in [5.74, 6) is 0. The molecule has 3 nitrogen and oxygen atoms in total. The molecule has 1 atom stereocenters. The van der Waals surface area contributed by atoms with Gasteiger partial charge in [0.1, 0.15) is 0 Å². The fourth-order valence-corrected chi connectivity index (χ4v) is 1.45. The summed E-state index contributed by atoms with van der Waals surface area (Å²) in [4.78, 5) is 4.06. The zero-order chi connectivity index (χ0) is 12.9. The van der Waals surface area contributed by atoms with Gasteiger partial charge in [-0.1, -0.05) is 0 Å². The average molecular weight is 247 g/mol. The fraction of sp³-hybridized carbons (Fsp3) is 0.545. The maximum Gasteiger partial charge on any atom is 0.390 e. The number of hydrogen-bond donors (Lipinski definition) is 2. The number of halogens is 3. The number of nitrogens with two attached hydrogens (primary N) is 1. The van der Waals surface area contributed by atoms with Gasteiger partial charge in [-0.25, -0.2) is 0 Å². The van der Waals surface area contributed by atoms with Crippen LogP contribution in [0.4, 0.5) is 18.9 Å². The third-order valence-electron chi connectivity index (χ3n) is 2.26. The van der Waals surface area contributed by atoms with Crippen LogP contribution in [0.1, 0.15) is 19.0 Å². The van der Waals surface area contributed by atoms with Crippen LogP contribution in [-0.4, -0.2) is 23.7 Å². The third kappa shape index (κ3) is 6.11. The van der Waals surface area contributed by atoms with Crippen molar-refractivity contribution in [2.45, 2.75) is 32.0 Å². The van der Waals surface area contributed by atoms with Crippen molar-refractivity contribution in [3.05, 3.63) is 24.0 Å². The highest BCUT2D eigenvalue weighted by molar-refractivity contribution is 5.34. The fourth-order valence-electron chi connectivity index (χ4n) is 1.45. The number of aromatic nitrogens is 1. The van der Waals surface area contributed by atoms with E-state index in [1.54, 1.807) is 12.1 Å². The van der Waals surface area contributed by atoms with Crippen molar-refractivity contribution in [1.29, 1.82) is 0 Å². The maximum atomic E-state index is 12.0. The lowest BCUT2D eigenvalue weighted by atomic mass is 10.2. The van der Waals surface area contributed by atoms with Crippen LogP contribution < -0.4 is 11.1 Å². The minimum Gasteiger partial charge on any atom is -0.397 e. The molecule has 6 heteroatoms. The molecular weight excluding hydrogens is 231 g/mol. The van der Waals surface area contributed by atoms with Gasteiger partial charge in [0.05, 0.1) is 18.3 Å². The summed E-state index contributed by atoms with van der Waals surface area (Å²) in [6.07, 6.45) is -2.81. The summed E-state index contributed by atoms with van der Waals surface area (Å²) in [7, 11) is 0. The van der Waals surface area contributed by atoms with E-state index in [9.17, 15) is 13.2 Å². The van der Waals surface area contributed by atoms with Crippen molar-refractivity contribution in [1.82, 2.24) is 10.3 Å². The molecule has 0 saturated heterocycles. The number of nitrogen functional groups attached to an aromatic ring is 1. The molecule has 0 saturated carbocycles. The van der Waals surface area contributed by atoms with Gasteiger partial charge >= 0.3 is 6.18 Å². The van der Waals surface area contributed by atoms with Crippen LogP contribution in [-0.2, 0) is 6.42 Å². The summed E-state index contributed by atoms with van der Waals surface area (Å²) in [6.45, 7) is 1.98. The Morgan fingerprint density at radius 2 is 2.12 bits per heavy atom. The van der Waals surface area contributed by atoms with Gasteiger partial charge in [0, 0.05) is 24.7 Å². The first kappa shape index (κ1) is 13.8. The van der Waals surface area contributed by atoms with E-state index < -0.39 is 18.6 Å². The molecule has 0 aliphatic heterocycles. The lowest BCUT2D eigenvalue weighted by Gasteiger charge is -2.15. The lowest BCUT2D eigenvalue weighted by molar-refractivity contribution is -0.138. The second-order valence-electron chi connectivity index (χ2n) is 4.01. The molecule has 0 spiro atoms. The minimum atomic E-state index is -4.12. The summed E-state index contributed by atoms with van der Waals surface area (Å²) in [6, 6.07) is 2.91. The normalized spacial score (nSPS) is 13.6. The number of hydrogen-bond acceptors (Lipinski definition) is 3. The first-order valence-corrected chi connectivity index (χ1v) is 5.37. The van der Waals surface area contributed by atoms with Crippen LogP contribution in [0, 0.1) is 0 Å². The van der Waals surface area contributed by atoms with Crippen LogP contribution in [0.2, 0.25) is 0 Å². The van der Waals surface area contributed by atoms with E-state index in [0.717, 1.165) is 5.69 Å². The summed E-state index contributed by atoms with van der Waals surface area (Å²) in [5.41, 5.74) is 6.86. The van der Waals surface area contributed by atoms with Crippen LogP contribution >= 0.6 is 0 Å². The summed E-state index contributed by atoms with van der Waals surface area (Å²) in [5, 5.41) is 2.81. The van der Waals surface area contributed by atoms with E-state index in [-0.39, 0.29) is 0 Å². The van der Waals surface area contributed by atoms with Gasteiger partial charge in [-0.15, -0.1) is 0 Å². The van der Waals surface area contributed by atoms with Gasteiger partial charge in [0.15, 0.2) is 0 Å². The molecule has 1 aromatic heterocycles. The number of alkyl halides is 3. The molecule has 0 aliphatic rings. The third-order valence-corrected chi connectivity index (χ3v) is 2.26. The van der Waals surface area contributed by atoms with E-state index >= 15 is 0 Å². The van der Waals surface area contributed by atoms with Crippen molar-refractivity contribution < 1.29 is 13.2 Å². The van der Waals surface area contributed by atoms with Crippen molar-refractivity contribution >= 4 is 5.69 Å². The molecule has 96 valence electrons. The summed E-state index contributed by atoms with van der Waals surface area (Å²) >= 11 is 0. The Bertz CT molecular complexity index is 335. The molecule has 17 heavy (non-hydrogen) atoms. The quantitative estimate of drug-likeness (QED) is 0.838. The predicted octanol–water partition coefficient (Wildman–Crippen LogP) is 2.14. The standard InChI is InChI=1S/C11H16F3N3/c1-8(6-11(12,13)14)16-5-4-10-3-2-9(15)7-17-10/h2-3,7-8,16H,4-6,15H2,1H3. The Hall–Kier alpha value is -1.30. The van der Waals surface area contributed by atoms with Crippen molar-refractivity contribution in [3.8, 4) is 0 Å². The van der Waals surface area contributed by atoms with E-state index in [1.165, 1.54) is 13.1 Å². The Morgan fingerprint density at radius 3 is 2.65 bits per heavy atom. The molecule has 1 heterocycles. The smallest absolute Gasteiger partial charge is 0.390 e. The minimum absolute atomic E-state index is 0.466. The van der Waals surface area contributed by atoms with Crippen molar-refractivity contribution in [2.24, 2.45) is 0 Å². The number of pyridine rings is 1. The molecule has 0 aromatic carbocycles. The highest BCUT2D eigenvalue weighted by atomic mass is 19.4. The predicted molar refractivity (Wildman–Crippen MR) is 60.5 cm³/mol. The second-order valence-corrected chi connectivity index (χ2v) is 4.01. The van der Waals surface area contributed by atoms with Gasteiger partial charge < -0.3 is 11.1 Å². The average Bonchev–Trinajstić information content (AvgIpc) is 2.18. The van der Waals surface area contributed by atoms with E-state index in [4.69, 9.17) is 5.73 Å². The Labute approximate surface area is 98.2 Å². The first-order valence-electron chi connectivity index (χ1n) is 5.37. The number of anilines is 1. The van der Waals surface area contributed by atoms with Crippen LogP contribution in [0.15, 0.2) is 18.3 Å². The van der Waals surface area contributed by atoms with Gasteiger partial charge in [-0.2, -0.15) is 13.2 Å². The van der Waals surface area contributed by atoms with Crippen LogP contribution in [0.25, 0.3) is 0 Å². The van der Waals surface area contributed by atoms with Crippen molar-refractivity contribution in [2.75, 3.05) is 12.3 Å². The van der Waals surface area contributed by atoms with Gasteiger partial charge in [0.25, 0.3) is 0 Å². The van der Waals surface area contributed by atoms with Gasteiger partial charge in [-0.05, 0) is 19.1 Å². The van der Waals surface area contributed by atoms with Gasteiger partial charge in [-0.3, -0.25) is 4.98 Å². The highest BCUT2D eigenvalue weighted by Gasteiger charge is 2.29. The lowest BCUT2D eigenvalue weighted by Crippen LogP contribution is -2.32. The Balaban J connectivity index is 2.26. The number of nitrogens with zero attached hydrogens (tertiary/aromatic N) is 1. The summed E-state index contributed by atoms with van der Waals surface area (Å²) < 4.78 is 36.1. The number of rotatable bonds is 5. The highest BCUT2D eigenvalue weighted by Crippen LogP contribution is 2.21. The largest absolute Gasteiger partial charge is 0.397 e. The van der Waals surface area contributed by atoms with Crippen LogP contribution in [0.3, 0.4) is 0 Å². The first-order chi connectivity index (χ1) is 7.87. The van der Waals surface area contributed by atoms with E-state index in [2.05, 4.69) is 10.3 Å². The zero-order valence-corrected chi connectivity index (χ0v) is 9.59. The topological polar surface area (TPSA) is 50.9 Å². The maximum absolute atomic E-state index is 12.0. The molecule has 0 aliphatic carbocycles. The molecule has 1 rings (SSSR count). The molecule has 0 radical (unpaired) electrons. The molecule has 1 unspecified atom stereocenters. The Kier molecular flexibility index (Phi) is 4.74. The molecule has 0 bridgehead atoms. The molecule has 0 fully saturated rings. The van der Waals surface area contributed by atoms with Crippen molar-refractivity contribution in [3.63, 3.8) is 0 Å². The molecule has 0 amide bonds. The Morgan fingerprint density at radius 1 is 1.41 bits per heavy atom. The SMILES string of the molecule is CC(CC(F)(F)F)NCCc1ccc(N)cn1. The van der Waals surface area contributed by atoms with Crippen LogP contribution in [0.5, 0.6) is 0 Å². The van der Waals surface area contributed by atoms with E-state index in [0.29, 0.717) is 18.7 Å². The molecule has 3 N–H and O–H groups in total. The number of nitrogens with one attached hydrogen (secondary N) is 1. The molecular formula is C11H16F3N3. The second kappa shape index (κ2) is 5.86. The molecule has 1 aromatic rings. The van der Waals surface area contributed by atoms with E-state index in [1.807, 2.05) is 0 Å². The zero-order valence-electron chi connectivity index (χ0n) is 9.59.